The van der Waals surface area contributed by atoms with Crippen molar-refractivity contribution in [2.24, 2.45) is 0 Å². The molecule has 2 aromatic rings. The van der Waals surface area contributed by atoms with Crippen molar-refractivity contribution < 1.29 is 18.7 Å². The topological polar surface area (TPSA) is 50.8 Å². The maximum Gasteiger partial charge on any atom is 0.317 e. The van der Waals surface area contributed by atoms with Crippen LogP contribution in [0, 0.1) is 5.82 Å². The van der Waals surface area contributed by atoms with Gasteiger partial charge in [-0.15, -0.1) is 0 Å². The Morgan fingerprint density at radius 3 is 2.71 bits per heavy atom. The van der Waals surface area contributed by atoms with Gasteiger partial charge in [-0.1, -0.05) is 24.3 Å². The Morgan fingerprint density at radius 1 is 1.18 bits per heavy atom. The second kappa shape index (κ2) is 9.68. The van der Waals surface area contributed by atoms with Gasteiger partial charge in [0.25, 0.3) is 0 Å². The van der Waals surface area contributed by atoms with Crippen LogP contribution in [0.5, 0.6) is 11.5 Å². The van der Waals surface area contributed by atoms with E-state index in [1.807, 2.05) is 30.3 Å². The van der Waals surface area contributed by atoms with E-state index in [0.29, 0.717) is 31.1 Å². The van der Waals surface area contributed by atoms with Crippen molar-refractivity contribution in [2.75, 3.05) is 33.1 Å². The zero-order valence-corrected chi connectivity index (χ0v) is 16.9. The fourth-order valence-corrected chi connectivity index (χ4v) is 4.49. The minimum absolute atomic E-state index is 0.0739. The molecule has 1 aliphatic heterocycles. The Balaban J connectivity index is 1.56. The van der Waals surface area contributed by atoms with Crippen LogP contribution in [0.4, 0.5) is 9.18 Å². The first-order valence-electron chi connectivity index (χ1n) is 9.22. The number of hydrogen-bond donors (Lipinski definition) is 1. The molecule has 1 unspecified atom stereocenters. The number of nitrogens with zero attached hydrogens (tertiary/aromatic N) is 1. The number of thioether (sulfide) groups is 1. The first kappa shape index (κ1) is 20.3. The summed E-state index contributed by atoms with van der Waals surface area (Å²) in [4.78, 5) is 14.4. The molecule has 1 fully saturated rings. The zero-order valence-electron chi connectivity index (χ0n) is 16.1. The Labute approximate surface area is 169 Å². The van der Waals surface area contributed by atoms with Crippen LogP contribution in [0.1, 0.15) is 22.8 Å². The summed E-state index contributed by atoms with van der Waals surface area (Å²) in [6.07, 6.45) is 0.732. The predicted molar refractivity (Wildman–Crippen MR) is 110 cm³/mol. The molecule has 1 aliphatic rings. The Kier molecular flexibility index (Phi) is 7.03. The highest BCUT2D eigenvalue weighted by Gasteiger charge is 2.23. The van der Waals surface area contributed by atoms with Crippen molar-refractivity contribution in [3.8, 4) is 11.5 Å². The number of hydrogen-bond acceptors (Lipinski definition) is 4. The van der Waals surface area contributed by atoms with Crippen molar-refractivity contribution in [2.45, 2.75) is 18.2 Å². The highest BCUT2D eigenvalue weighted by atomic mass is 32.2. The predicted octanol–water partition coefficient (Wildman–Crippen LogP) is 4.23. The fourth-order valence-electron chi connectivity index (χ4n) is 3.24. The molecule has 0 aliphatic carbocycles. The normalized spacial score (nSPS) is 17.0. The molecular formula is C21H25FN2O3S. The number of halogens is 1. The van der Waals surface area contributed by atoms with Crippen LogP contribution in [0.2, 0.25) is 0 Å². The molecule has 1 saturated heterocycles. The van der Waals surface area contributed by atoms with Crippen molar-refractivity contribution in [3.63, 3.8) is 0 Å². The summed E-state index contributed by atoms with van der Waals surface area (Å²) in [5.74, 6) is 1.89. The third kappa shape index (κ3) is 4.90. The van der Waals surface area contributed by atoms with Gasteiger partial charge < -0.3 is 19.7 Å². The molecule has 0 spiro atoms. The maximum atomic E-state index is 14.1. The lowest BCUT2D eigenvalue weighted by Gasteiger charge is -2.21. The molecule has 1 heterocycles. The van der Waals surface area contributed by atoms with Crippen LogP contribution in [-0.2, 0) is 6.54 Å². The van der Waals surface area contributed by atoms with Crippen LogP contribution in [-0.4, -0.2) is 44.0 Å². The molecule has 28 heavy (non-hydrogen) atoms. The lowest BCUT2D eigenvalue weighted by Crippen LogP contribution is -2.40. The molecule has 5 nitrogen and oxygen atoms in total. The van der Waals surface area contributed by atoms with Gasteiger partial charge in [0.2, 0.25) is 0 Å². The molecule has 1 N–H and O–H groups in total. The number of carbonyl (C=O) groups is 1. The van der Waals surface area contributed by atoms with Gasteiger partial charge in [-0.3, -0.25) is 0 Å². The lowest BCUT2D eigenvalue weighted by atomic mass is 10.1. The van der Waals surface area contributed by atoms with E-state index in [2.05, 4.69) is 5.32 Å². The van der Waals surface area contributed by atoms with E-state index in [0.717, 1.165) is 23.3 Å². The van der Waals surface area contributed by atoms with Gasteiger partial charge in [0.05, 0.1) is 14.2 Å². The van der Waals surface area contributed by atoms with Crippen LogP contribution >= 0.6 is 11.8 Å². The van der Waals surface area contributed by atoms with Crippen molar-refractivity contribution in [3.05, 3.63) is 59.4 Å². The third-order valence-electron chi connectivity index (χ3n) is 4.77. The summed E-state index contributed by atoms with van der Waals surface area (Å²) in [5, 5.41) is 3.03. The van der Waals surface area contributed by atoms with E-state index in [1.54, 1.807) is 36.9 Å². The van der Waals surface area contributed by atoms with Gasteiger partial charge >= 0.3 is 6.03 Å². The summed E-state index contributed by atoms with van der Waals surface area (Å²) in [5.41, 5.74) is 1.65. The molecule has 2 amide bonds. The quantitative estimate of drug-likeness (QED) is 0.810. The average molecular weight is 405 g/mol. The first-order chi connectivity index (χ1) is 13.6. The number of ether oxygens (including phenoxy) is 2. The maximum absolute atomic E-state index is 14.1. The monoisotopic (exact) mass is 404 g/mol. The molecule has 0 radical (unpaired) electrons. The van der Waals surface area contributed by atoms with E-state index >= 15 is 0 Å². The molecule has 1 atom stereocenters. The smallest absolute Gasteiger partial charge is 0.317 e. The van der Waals surface area contributed by atoms with E-state index in [1.165, 1.54) is 6.07 Å². The highest BCUT2D eigenvalue weighted by molar-refractivity contribution is 7.99. The second-order valence-electron chi connectivity index (χ2n) is 6.50. The van der Waals surface area contributed by atoms with Crippen molar-refractivity contribution in [1.29, 1.82) is 0 Å². The molecular weight excluding hydrogens is 379 g/mol. The van der Waals surface area contributed by atoms with Gasteiger partial charge in [-0.25, -0.2) is 9.18 Å². The Morgan fingerprint density at radius 2 is 1.96 bits per heavy atom. The van der Waals surface area contributed by atoms with E-state index in [4.69, 9.17) is 9.47 Å². The fraction of sp³-hybridized carbons (Fsp3) is 0.381. The number of methoxy groups -OCH3 is 2. The minimum atomic E-state index is -0.175. The summed E-state index contributed by atoms with van der Waals surface area (Å²) in [6, 6.07) is 12.4. The number of rotatable bonds is 5. The second-order valence-corrected chi connectivity index (χ2v) is 7.82. The molecule has 3 rings (SSSR count). The zero-order chi connectivity index (χ0) is 19.9. The number of benzene rings is 2. The number of amides is 2. The highest BCUT2D eigenvalue weighted by Crippen LogP contribution is 2.35. The standard InChI is InChI=1S/C21H25FN2O3S/c1-26-18-8-7-15(13-19(18)27-2)14-23-21(25)24-10-9-20(28-12-11-24)16-5-3-4-6-17(16)22/h3-8,13,20H,9-12,14H2,1-2H3,(H,23,25). The molecule has 2 aromatic carbocycles. The van der Waals surface area contributed by atoms with Gasteiger partial charge in [0, 0.05) is 36.2 Å². The van der Waals surface area contributed by atoms with Crippen LogP contribution in [0.15, 0.2) is 42.5 Å². The van der Waals surface area contributed by atoms with E-state index in [9.17, 15) is 9.18 Å². The van der Waals surface area contributed by atoms with Crippen LogP contribution in [0.25, 0.3) is 0 Å². The minimum Gasteiger partial charge on any atom is -0.493 e. The Bertz CT molecular complexity index is 818. The summed E-state index contributed by atoms with van der Waals surface area (Å²) < 4.78 is 24.6. The largest absolute Gasteiger partial charge is 0.493 e. The number of nitrogens with one attached hydrogen (secondary N) is 1. The molecule has 150 valence electrons. The number of urea groups is 1. The van der Waals surface area contributed by atoms with E-state index in [-0.39, 0.29) is 17.1 Å². The van der Waals surface area contributed by atoms with Crippen LogP contribution in [0.3, 0.4) is 0 Å². The summed E-state index contributed by atoms with van der Waals surface area (Å²) in [7, 11) is 3.17. The third-order valence-corrected chi connectivity index (χ3v) is 6.08. The Hall–Kier alpha value is -2.41. The average Bonchev–Trinajstić information content (AvgIpc) is 2.98. The molecule has 7 heteroatoms. The van der Waals surface area contributed by atoms with Gasteiger partial charge in [-0.2, -0.15) is 11.8 Å². The van der Waals surface area contributed by atoms with Crippen molar-refractivity contribution >= 4 is 17.8 Å². The van der Waals surface area contributed by atoms with Crippen molar-refractivity contribution in [1.82, 2.24) is 10.2 Å². The van der Waals surface area contributed by atoms with Gasteiger partial charge in [0.15, 0.2) is 11.5 Å². The summed E-state index contributed by atoms with van der Waals surface area (Å²) in [6.45, 7) is 1.65. The lowest BCUT2D eigenvalue weighted by molar-refractivity contribution is 0.200. The van der Waals surface area contributed by atoms with Crippen LogP contribution < -0.4 is 14.8 Å². The SMILES string of the molecule is COc1ccc(CNC(=O)N2CCSC(c3ccccc3F)CC2)cc1OC. The first-order valence-corrected chi connectivity index (χ1v) is 10.3. The summed E-state index contributed by atoms with van der Waals surface area (Å²) >= 11 is 1.70. The molecule has 0 aromatic heterocycles. The van der Waals surface area contributed by atoms with Gasteiger partial charge in [0.1, 0.15) is 5.82 Å². The molecule has 0 saturated carbocycles. The molecule has 0 bridgehead atoms. The van der Waals surface area contributed by atoms with E-state index < -0.39 is 0 Å². The number of carbonyl (C=O) groups excluding carboxylic acids is 1. The van der Waals surface area contributed by atoms with Gasteiger partial charge in [-0.05, 0) is 30.2 Å².